The van der Waals surface area contributed by atoms with E-state index in [2.05, 4.69) is 35.7 Å². The van der Waals surface area contributed by atoms with Gasteiger partial charge in [0.05, 0.1) is 46.3 Å². The van der Waals surface area contributed by atoms with Crippen molar-refractivity contribution < 1.29 is 28.7 Å². The fourth-order valence-electron chi connectivity index (χ4n) is 7.17. The van der Waals surface area contributed by atoms with Crippen molar-refractivity contribution in [3.05, 3.63) is 87.8 Å². The molecule has 2 fully saturated rings. The normalized spacial score (nSPS) is 17.8. The fraction of sp³-hybridized carbons (Fsp3) is 0.385. The average Bonchev–Trinajstić information content (AvgIpc) is 3.92. The lowest BCUT2D eigenvalue weighted by molar-refractivity contribution is -0.136. The first-order valence-corrected chi connectivity index (χ1v) is 18.9. The Hall–Kier alpha value is -5.89. The highest BCUT2D eigenvalue weighted by molar-refractivity contribution is 6.32. The highest BCUT2D eigenvalue weighted by Crippen LogP contribution is 2.31. The van der Waals surface area contributed by atoms with Gasteiger partial charge in [-0.25, -0.2) is 0 Å². The van der Waals surface area contributed by atoms with E-state index in [0.717, 1.165) is 61.7 Å². The Balaban J connectivity index is 0.783. The van der Waals surface area contributed by atoms with E-state index in [1.54, 1.807) is 41.1 Å². The van der Waals surface area contributed by atoms with E-state index in [1.807, 2.05) is 31.3 Å². The number of amides is 5. The minimum atomic E-state index is -0.982. The number of carbonyl (C=O) groups excluding carboxylic acids is 5. The average molecular weight is 781 g/mol. The van der Waals surface area contributed by atoms with Crippen LogP contribution >= 0.6 is 11.6 Å². The molecule has 3 aliphatic heterocycles. The molecule has 0 saturated carbocycles. The first kappa shape index (κ1) is 38.4. The molecule has 5 amide bonds. The number of piperazine rings is 1. The van der Waals surface area contributed by atoms with Crippen LogP contribution in [-0.4, -0.2) is 111 Å². The number of imide groups is 2. The molecule has 17 heteroatoms. The molecule has 0 spiro atoms. The number of carbonyl (C=O) groups is 5. The van der Waals surface area contributed by atoms with Gasteiger partial charge in [0.1, 0.15) is 17.8 Å². The molecule has 16 nitrogen and oxygen atoms in total. The zero-order valence-electron chi connectivity index (χ0n) is 30.8. The lowest BCUT2D eigenvalue weighted by atomic mass is 10.0. The van der Waals surface area contributed by atoms with E-state index in [9.17, 15) is 24.0 Å². The third-order valence-electron chi connectivity index (χ3n) is 10.2. The molecule has 3 N–H and O–H groups in total. The van der Waals surface area contributed by atoms with Crippen LogP contribution in [0.4, 0.5) is 5.69 Å². The van der Waals surface area contributed by atoms with Gasteiger partial charge in [-0.15, -0.1) is 0 Å². The second kappa shape index (κ2) is 16.9. The number of hydrogen-bond donors (Lipinski definition) is 3. The topological polar surface area (TPSA) is 199 Å². The predicted octanol–water partition coefficient (Wildman–Crippen LogP) is 3.14. The minimum Gasteiger partial charge on any atom is -0.375 e. The summed E-state index contributed by atoms with van der Waals surface area (Å²) in [5.74, 6) is -2.33. The number of ether oxygens (including phenoxy) is 1. The van der Waals surface area contributed by atoms with Crippen LogP contribution in [0.15, 0.2) is 54.7 Å². The Morgan fingerprint density at radius 2 is 1.84 bits per heavy atom. The first-order chi connectivity index (χ1) is 27.1. The van der Waals surface area contributed by atoms with Gasteiger partial charge in [0, 0.05) is 62.7 Å². The van der Waals surface area contributed by atoms with Gasteiger partial charge < -0.3 is 15.0 Å². The standard InChI is InChI=1S/C39H41ClN10O6/c1-24(22-49-12-10-32(46-49)25-4-5-26(21-41)31(40)18-25)42-36(52)33-19-27(44-45-33)23-56-17-3-2-11-47-13-15-48(16-14-47)28-6-7-29-30(20-28)39(55)50(38(29)54)34-8-9-35(51)43-37(34)53/h4-7,10,12,18-20,24,34H,2-3,8-9,11,13-17,22-23H2,1H3,(H,42,52)(H,44,45)(H,43,51,53). The number of halogens is 1. The van der Waals surface area contributed by atoms with E-state index >= 15 is 0 Å². The Labute approximate surface area is 327 Å². The number of rotatable bonds is 14. The number of piperidine rings is 1. The molecular formula is C39H41ClN10O6. The quantitative estimate of drug-likeness (QED) is 0.126. The fourth-order valence-corrected chi connectivity index (χ4v) is 7.39. The zero-order valence-corrected chi connectivity index (χ0v) is 31.6. The van der Waals surface area contributed by atoms with Crippen molar-refractivity contribution >= 4 is 46.8 Å². The summed E-state index contributed by atoms with van der Waals surface area (Å²) in [4.78, 5) is 68.6. The molecule has 290 valence electrons. The zero-order chi connectivity index (χ0) is 39.3. The van der Waals surface area contributed by atoms with Gasteiger partial charge >= 0.3 is 0 Å². The number of H-pyrrole nitrogens is 1. The maximum Gasteiger partial charge on any atom is 0.272 e. The smallest absolute Gasteiger partial charge is 0.272 e. The number of benzene rings is 2. The first-order valence-electron chi connectivity index (χ1n) is 18.6. The number of nitrogens with one attached hydrogen (secondary N) is 3. The molecule has 2 unspecified atom stereocenters. The van der Waals surface area contributed by atoms with Gasteiger partial charge in [0.25, 0.3) is 17.7 Å². The van der Waals surface area contributed by atoms with Crippen molar-refractivity contribution in [1.82, 2.24) is 40.4 Å². The van der Waals surface area contributed by atoms with E-state index < -0.39 is 29.7 Å². The molecule has 0 bridgehead atoms. The summed E-state index contributed by atoms with van der Waals surface area (Å²) in [6.45, 7) is 7.36. The van der Waals surface area contributed by atoms with E-state index in [0.29, 0.717) is 41.7 Å². The SMILES string of the molecule is CC(Cn1ccc(-c2ccc(C#N)c(Cl)c2)n1)NC(=O)c1cc(COCCCCN2CCN(c3ccc4c(c3)C(=O)N(C3CCC(=O)NC3=O)C4=O)CC2)[nH]n1. The van der Waals surface area contributed by atoms with E-state index in [1.165, 1.54) is 0 Å². The van der Waals surface area contributed by atoms with Gasteiger partial charge in [0.15, 0.2) is 0 Å². The monoisotopic (exact) mass is 780 g/mol. The van der Waals surface area contributed by atoms with Crippen LogP contribution in [0.1, 0.15) is 75.1 Å². The van der Waals surface area contributed by atoms with Gasteiger partial charge in [-0.3, -0.25) is 48.9 Å². The van der Waals surface area contributed by atoms with Crippen molar-refractivity contribution in [3.8, 4) is 17.3 Å². The van der Waals surface area contributed by atoms with Crippen LogP contribution in [-0.2, 0) is 27.5 Å². The number of fused-ring (bicyclic) bond motifs is 1. The molecule has 2 aromatic heterocycles. The van der Waals surface area contributed by atoms with E-state index in [-0.39, 0.29) is 41.6 Å². The lowest BCUT2D eigenvalue weighted by Crippen LogP contribution is -2.54. The van der Waals surface area contributed by atoms with E-state index in [4.69, 9.17) is 21.6 Å². The summed E-state index contributed by atoms with van der Waals surface area (Å²) >= 11 is 6.17. The highest BCUT2D eigenvalue weighted by Gasteiger charge is 2.44. The van der Waals surface area contributed by atoms with Gasteiger partial charge in [0.2, 0.25) is 11.8 Å². The molecule has 56 heavy (non-hydrogen) atoms. The van der Waals surface area contributed by atoms with Crippen molar-refractivity contribution in [2.24, 2.45) is 0 Å². The summed E-state index contributed by atoms with van der Waals surface area (Å²) < 4.78 is 7.59. The van der Waals surface area contributed by atoms with Gasteiger partial charge in [-0.1, -0.05) is 17.7 Å². The summed E-state index contributed by atoms with van der Waals surface area (Å²) in [5.41, 5.74) is 4.31. The number of anilines is 1. The van der Waals surface area contributed by atoms with Gasteiger partial charge in [-0.2, -0.15) is 15.5 Å². The Bertz CT molecular complexity index is 2200. The number of aromatic amines is 1. The maximum atomic E-state index is 13.2. The number of unbranched alkanes of at least 4 members (excludes halogenated alkanes) is 1. The molecule has 0 radical (unpaired) electrons. The van der Waals surface area contributed by atoms with Crippen molar-refractivity contribution in [2.45, 2.75) is 57.8 Å². The van der Waals surface area contributed by atoms with Crippen LogP contribution < -0.4 is 15.5 Å². The van der Waals surface area contributed by atoms with Crippen molar-refractivity contribution in [1.29, 1.82) is 5.26 Å². The second-order valence-electron chi connectivity index (χ2n) is 14.1. The Morgan fingerprint density at radius 3 is 2.61 bits per heavy atom. The number of nitrogens with zero attached hydrogens (tertiary/aromatic N) is 7. The van der Waals surface area contributed by atoms with Gasteiger partial charge in [-0.05, 0) is 75.2 Å². The third kappa shape index (κ3) is 8.50. The number of hydrogen-bond acceptors (Lipinski definition) is 11. The Kier molecular flexibility index (Phi) is 11.6. The Morgan fingerprint density at radius 1 is 1.04 bits per heavy atom. The third-order valence-corrected chi connectivity index (χ3v) is 10.5. The summed E-state index contributed by atoms with van der Waals surface area (Å²) in [5, 5.41) is 26.3. The number of nitriles is 1. The molecule has 2 saturated heterocycles. The van der Waals surface area contributed by atoms with Crippen LogP contribution in [0.5, 0.6) is 0 Å². The molecule has 4 aromatic rings. The summed E-state index contributed by atoms with van der Waals surface area (Å²) in [7, 11) is 0. The highest BCUT2D eigenvalue weighted by atomic mass is 35.5. The molecule has 3 aliphatic rings. The molecule has 2 aromatic carbocycles. The van der Waals surface area contributed by atoms with Crippen LogP contribution in [0.3, 0.4) is 0 Å². The van der Waals surface area contributed by atoms with Crippen LogP contribution in [0.25, 0.3) is 11.3 Å². The largest absolute Gasteiger partial charge is 0.375 e. The number of aromatic nitrogens is 4. The predicted molar refractivity (Wildman–Crippen MR) is 204 cm³/mol. The molecular weight excluding hydrogens is 740 g/mol. The summed E-state index contributed by atoms with van der Waals surface area (Å²) in [6.07, 6.45) is 3.86. The lowest BCUT2D eigenvalue weighted by Gasteiger charge is -2.36. The van der Waals surface area contributed by atoms with Crippen molar-refractivity contribution in [2.75, 3.05) is 44.2 Å². The molecule has 2 atom stereocenters. The minimum absolute atomic E-state index is 0.0824. The molecule has 7 rings (SSSR count). The molecule has 5 heterocycles. The van der Waals surface area contributed by atoms with Crippen molar-refractivity contribution in [3.63, 3.8) is 0 Å². The summed E-state index contributed by atoms with van der Waals surface area (Å²) in [6, 6.07) is 14.8. The second-order valence-corrected chi connectivity index (χ2v) is 14.6. The molecule has 0 aliphatic carbocycles. The van der Waals surface area contributed by atoms with Crippen LogP contribution in [0.2, 0.25) is 5.02 Å². The maximum absolute atomic E-state index is 13.2. The van der Waals surface area contributed by atoms with Crippen LogP contribution in [0, 0.1) is 11.3 Å².